The van der Waals surface area contributed by atoms with Gasteiger partial charge in [0.05, 0.1) is 19.9 Å². The minimum Gasteiger partial charge on any atom is -0.497 e. The molecule has 114 valence electrons. The fourth-order valence-electron chi connectivity index (χ4n) is 3.97. The van der Waals surface area contributed by atoms with Crippen molar-refractivity contribution in [3.8, 4) is 11.5 Å². The molecule has 0 unspecified atom stereocenters. The van der Waals surface area contributed by atoms with Gasteiger partial charge in [-0.25, -0.2) is 0 Å². The van der Waals surface area contributed by atoms with Crippen LogP contribution in [0, 0.1) is 17.8 Å². The third kappa shape index (κ3) is 2.99. The zero-order valence-electron chi connectivity index (χ0n) is 12.7. The molecule has 2 bridgehead atoms. The lowest BCUT2D eigenvalue weighted by molar-refractivity contribution is -0.117. The molecule has 1 N–H and O–H groups in total. The van der Waals surface area contributed by atoms with E-state index in [1.807, 2.05) is 12.1 Å². The van der Waals surface area contributed by atoms with E-state index in [1.54, 1.807) is 20.3 Å². The largest absolute Gasteiger partial charge is 0.497 e. The first-order chi connectivity index (χ1) is 10.2. The highest BCUT2D eigenvalue weighted by atomic mass is 16.5. The Morgan fingerprint density at radius 2 is 2.10 bits per heavy atom. The van der Waals surface area contributed by atoms with Gasteiger partial charge in [0.1, 0.15) is 11.5 Å². The van der Waals surface area contributed by atoms with Gasteiger partial charge < -0.3 is 14.8 Å². The van der Waals surface area contributed by atoms with Crippen LogP contribution in [0.2, 0.25) is 0 Å². The van der Waals surface area contributed by atoms with E-state index in [9.17, 15) is 4.79 Å². The molecule has 1 amide bonds. The van der Waals surface area contributed by atoms with Crippen molar-refractivity contribution in [2.24, 2.45) is 17.8 Å². The number of hydrogen-bond acceptors (Lipinski definition) is 3. The number of hydrogen-bond donors (Lipinski definition) is 1. The van der Waals surface area contributed by atoms with Gasteiger partial charge in [-0.15, -0.1) is 0 Å². The Balaban J connectivity index is 1.62. The van der Waals surface area contributed by atoms with Gasteiger partial charge in [0.15, 0.2) is 0 Å². The maximum absolute atomic E-state index is 12.3. The molecule has 0 aromatic heterocycles. The monoisotopic (exact) mass is 289 g/mol. The average Bonchev–Trinajstić information content (AvgIpc) is 3.10. The number of carbonyl (C=O) groups excluding carboxylic acids is 1. The lowest BCUT2D eigenvalue weighted by Gasteiger charge is -2.21. The quantitative estimate of drug-likeness (QED) is 0.903. The number of anilines is 1. The summed E-state index contributed by atoms with van der Waals surface area (Å²) in [5.41, 5.74) is 0.714. The van der Waals surface area contributed by atoms with Crippen LogP contribution in [-0.4, -0.2) is 20.1 Å². The Morgan fingerprint density at radius 1 is 1.24 bits per heavy atom. The highest BCUT2D eigenvalue weighted by Crippen LogP contribution is 2.49. The van der Waals surface area contributed by atoms with E-state index in [1.165, 1.54) is 25.7 Å². The average molecular weight is 289 g/mol. The number of amides is 1. The number of nitrogens with one attached hydrogen (secondary N) is 1. The van der Waals surface area contributed by atoms with Gasteiger partial charge in [-0.05, 0) is 49.1 Å². The lowest BCUT2D eigenvalue weighted by Crippen LogP contribution is -2.20. The Morgan fingerprint density at radius 3 is 2.71 bits per heavy atom. The summed E-state index contributed by atoms with van der Waals surface area (Å²) in [6.45, 7) is 0. The normalized spacial score (nSPS) is 26.7. The topological polar surface area (TPSA) is 47.6 Å². The molecule has 1 aromatic carbocycles. The van der Waals surface area contributed by atoms with Crippen LogP contribution in [0.1, 0.15) is 32.1 Å². The Labute approximate surface area is 125 Å². The SMILES string of the molecule is COc1ccc(NC(=O)C[C@@H]2C[C@H]3CC[C@@H]2C3)c(OC)c1. The summed E-state index contributed by atoms with van der Waals surface area (Å²) in [5, 5.41) is 2.98. The van der Waals surface area contributed by atoms with Crippen molar-refractivity contribution in [2.75, 3.05) is 19.5 Å². The third-order valence-electron chi connectivity index (χ3n) is 5.01. The number of carbonyl (C=O) groups is 1. The van der Waals surface area contributed by atoms with Crippen molar-refractivity contribution in [3.63, 3.8) is 0 Å². The van der Waals surface area contributed by atoms with Crippen LogP contribution < -0.4 is 14.8 Å². The van der Waals surface area contributed by atoms with Crippen LogP contribution >= 0.6 is 0 Å². The molecule has 0 spiro atoms. The van der Waals surface area contributed by atoms with E-state index in [0.717, 1.165) is 17.6 Å². The van der Waals surface area contributed by atoms with Crippen molar-refractivity contribution >= 4 is 11.6 Å². The molecular weight excluding hydrogens is 266 g/mol. The second kappa shape index (κ2) is 5.96. The summed E-state index contributed by atoms with van der Waals surface area (Å²) in [4.78, 5) is 12.3. The van der Waals surface area contributed by atoms with Gasteiger partial charge in [-0.2, -0.15) is 0 Å². The summed E-state index contributed by atoms with van der Waals surface area (Å²) in [6, 6.07) is 5.44. The summed E-state index contributed by atoms with van der Waals surface area (Å²) in [6.07, 6.45) is 5.89. The standard InChI is InChI=1S/C17H23NO3/c1-20-14-5-6-15(16(10-14)21-2)18-17(19)9-13-8-11-3-4-12(13)7-11/h5-6,10-13H,3-4,7-9H2,1-2H3,(H,18,19)/t11-,12+,13-/m0/s1. The molecule has 2 aliphatic carbocycles. The Kier molecular flexibility index (Phi) is 4.04. The van der Waals surface area contributed by atoms with Gasteiger partial charge in [0.2, 0.25) is 5.91 Å². The number of benzene rings is 1. The third-order valence-corrected chi connectivity index (χ3v) is 5.01. The molecular formula is C17H23NO3. The summed E-state index contributed by atoms with van der Waals surface area (Å²) >= 11 is 0. The number of methoxy groups -OCH3 is 2. The van der Waals surface area contributed by atoms with Gasteiger partial charge >= 0.3 is 0 Å². The molecule has 0 heterocycles. The predicted molar refractivity (Wildman–Crippen MR) is 81.7 cm³/mol. The zero-order chi connectivity index (χ0) is 14.8. The van der Waals surface area contributed by atoms with E-state index in [4.69, 9.17) is 9.47 Å². The highest BCUT2D eigenvalue weighted by Gasteiger charge is 2.40. The Bertz CT molecular complexity index is 529. The zero-order valence-corrected chi connectivity index (χ0v) is 12.7. The second-order valence-corrected chi connectivity index (χ2v) is 6.25. The van der Waals surface area contributed by atoms with Crippen molar-refractivity contribution in [1.29, 1.82) is 0 Å². The van der Waals surface area contributed by atoms with Gasteiger partial charge in [-0.3, -0.25) is 4.79 Å². The van der Waals surface area contributed by atoms with E-state index in [2.05, 4.69) is 5.32 Å². The molecule has 0 radical (unpaired) electrons. The predicted octanol–water partition coefficient (Wildman–Crippen LogP) is 3.47. The first-order valence-corrected chi connectivity index (χ1v) is 7.71. The first-order valence-electron chi connectivity index (χ1n) is 7.71. The van der Waals surface area contributed by atoms with Crippen molar-refractivity contribution in [1.82, 2.24) is 0 Å². The minimum atomic E-state index is 0.0935. The van der Waals surface area contributed by atoms with Crippen LogP contribution in [0.25, 0.3) is 0 Å². The fourth-order valence-corrected chi connectivity index (χ4v) is 3.97. The van der Waals surface area contributed by atoms with E-state index in [-0.39, 0.29) is 5.91 Å². The molecule has 0 aliphatic heterocycles. The lowest BCUT2D eigenvalue weighted by atomic mass is 9.86. The fraction of sp³-hybridized carbons (Fsp3) is 0.588. The van der Waals surface area contributed by atoms with Crippen LogP contribution in [0.15, 0.2) is 18.2 Å². The molecule has 4 nitrogen and oxygen atoms in total. The van der Waals surface area contributed by atoms with Crippen molar-refractivity contribution in [3.05, 3.63) is 18.2 Å². The number of ether oxygens (including phenoxy) is 2. The molecule has 2 fully saturated rings. The second-order valence-electron chi connectivity index (χ2n) is 6.25. The minimum absolute atomic E-state index is 0.0935. The van der Waals surface area contributed by atoms with E-state index >= 15 is 0 Å². The van der Waals surface area contributed by atoms with Crippen molar-refractivity contribution in [2.45, 2.75) is 32.1 Å². The molecule has 21 heavy (non-hydrogen) atoms. The Hall–Kier alpha value is -1.71. The van der Waals surface area contributed by atoms with Crippen LogP contribution in [0.5, 0.6) is 11.5 Å². The molecule has 2 saturated carbocycles. The smallest absolute Gasteiger partial charge is 0.224 e. The van der Waals surface area contributed by atoms with E-state index < -0.39 is 0 Å². The van der Waals surface area contributed by atoms with Gasteiger partial charge in [-0.1, -0.05) is 6.42 Å². The maximum Gasteiger partial charge on any atom is 0.224 e. The summed E-state index contributed by atoms with van der Waals surface area (Å²) < 4.78 is 10.5. The summed E-state index contributed by atoms with van der Waals surface area (Å²) in [5.74, 6) is 3.68. The number of fused-ring (bicyclic) bond motifs is 2. The molecule has 3 rings (SSSR count). The van der Waals surface area contributed by atoms with Crippen molar-refractivity contribution < 1.29 is 14.3 Å². The molecule has 0 saturated heterocycles. The van der Waals surface area contributed by atoms with Gasteiger partial charge in [0, 0.05) is 12.5 Å². The number of rotatable bonds is 5. The highest BCUT2D eigenvalue weighted by molar-refractivity contribution is 5.92. The molecule has 4 heteroatoms. The van der Waals surface area contributed by atoms with Gasteiger partial charge in [0.25, 0.3) is 0 Å². The summed E-state index contributed by atoms with van der Waals surface area (Å²) in [7, 11) is 3.21. The van der Waals surface area contributed by atoms with Crippen LogP contribution in [0.4, 0.5) is 5.69 Å². The van der Waals surface area contributed by atoms with Crippen LogP contribution in [0.3, 0.4) is 0 Å². The molecule has 2 aliphatic rings. The van der Waals surface area contributed by atoms with Crippen LogP contribution in [-0.2, 0) is 4.79 Å². The maximum atomic E-state index is 12.3. The molecule has 1 aromatic rings. The first kappa shape index (κ1) is 14.2. The molecule has 3 atom stereocenters. The van der Waals surface area contributed by atoms with E-state index in [0.29, 0.717) is 23.8 Å².